The summed E-state index contributed by atoms with van der Waals surface area (Å²) in [6.45, 7) is 3.58. The average molecular weight is 648 g/mol. The van der Waals surface area contributed by atoms with Crippen molar-refractivity contribution in [1.82, 2.24) is 4.90 Å². The van der Waals surface area contributed by atoms with Crippen molar-refractivity contribution in [3.63, 3.8) is 0 Å². The summed E-state index contributed by atoms with van der Waals surface area (Å²) in [6.07, 6.45) is 4.71. The molecule has 0 heterocycles. The minimum absolute atomic E-state index is 0.0100. The van der Waals surface area contributed by atoms with Crippen LogP contribution in [0.1, 0.15) is 90.9 Å². The number of hydrogen-bond donors (Lipinski definition) is 4. The van der Waals surface area contributed by atoms with Gasteiger partial charge < -0.3 is 24.6 Å². The number of hydrogen-bond acceptors (Lipinski definition) is 10. The Morgan fingerprint density at radius 2 is 1.19 bits per heavy atom. The molecule has 0 aliphatic carbocycles. The summed E-state index contributed by atoms with van der Waals surface area (Å²) < 4.78 is 75.1. The second-order valence-corrected chi connectivity index (χ2v) is 13.1. The maximum absolute atomic E-state index is 13.1. The number of carboxylic acids is 2. The highest BCUT2D eigenvalue weighted by Crippen LogP contribution is 2.14. The number of aliphatic carboxylic acids is 2. The maximum atomic E-state index is 13.1. The van der Waals surface area contributed by atoms with E-state index in [-0.39, 0.29) is 19.8 Å². The SMILES string of the molecule is CCCCCCCCN(CC(COCCCCCC)OC(=O)CC(C(=O)O)S(=O)(=O)O)C(=O)CC(C(=O)O)S(=O)(=O)O. The maximum Gasteiger partial charge on any atom is 0.325 e. The second kappa shape index (κ2) is 20.5. The van der Waals surface area contributed by atoms with Crippen LogP contribution in [-0.4, -0.2) is 108 Å². The van der Waals surface area contributed by atoms with E-state index in [0.29, 0.717) is 19.3 Å². The number of amides is 1. The molecule has 15 nitrogen and oxygen atoms in total. The number of carboxylic acid groups (broad SMARTS) is 2. The summed E-state index contributed by atoms with van der Waals surface area (Å²) >= 11 is 0. The van der Waals surface area contributed by atoms with Gasteiger partial charge in [-0.1, -0.05) is 65.2 Å². The van der Waals surface area contributed by atoms with E-state index in [1.54, 1.807) is 0 Å². The van der Waals surface area contributed by atoms with Gasteiger partial charge in [-0.3, -0.25) is 28.3 Å². The van der Waals surface area contributed by atoms with E-state index in [0.717, 1.165) is 49.8 Å². The summed E-state index contributed by atoms with van der Waals surface area (Å²) in [5.41, 5.74) is 0. The van der Waals surface area contributed by atoms with Crippen molar-refractivity contribution in [2.24, 2.45) is 0 Å². The minimum atomic E-state index is -5.15. The fourth-order valence-electron chi connectivity index (χ4n) is 3.93. The lowest BCUT2D eigenvalue weighted by atomic mass is 10.1. The molecule has 3 unspecified atom stereocenters. The van der Waals surface area contributed by atoms with Crippen molar-refractivity contribution in [2.75, 3.05) is 26.3 Å². The molecule has 0 aliphatic rings. The molecular formula is C25H45NO14S2. The molecular weight excluding hydrogens is 602 g/mol. The summed E-state index contributed by atoms with van der Waals surface area (Å²) in [5, 5.41) is 13.4. The minimum Gasteiger partial charge on any atom is -0.480 e. The Hall–Kier alpha value is -2.34. The van der Waals surface area contributed by atoms with E-state index >= 15 is 0 Å². The van der Waals surface area contributed by atoms with Crippen LogP contribution in [0.25, 0.3) is 0 Å². The number of esters is 1. The topological polar surface area (TPSA) is 239 Å². The smallest absolute Gasteiger partial charge is 0.325 e. The van der Waals surface area contributed by atoms with Gasteiger partial charge in [-0.15, -0.1) is 0 Å². The molecule has 0 spiro atoms. The number of unbranched alkanes of at least 4 members (excludes halogenated alkanes) is 8. The molecule has 1 amide bonds. The number of carbonyl (C=O) groups excluding carboxylic acids is 2. The van der Waals surface area contributed by atoms with Crippen LogP contribution >= 0.6 is 0 Å². The summed E-state index contributed by atoms with van der Waals surface area (Å²) in [6, 6.07) is 0. The van der Waals surface area contributed by atoms with Crippen LogP contribution in [-0.2, 0) is 48.9 Å². The zero-order valence-electron chi connectivity index (χ0n) is 24.2. The molecule has 0 fully saturated rings. The normalized spacial score (nSPS) is 14.1. The third-order valence-electron chi connectivity index (χ3n) is 6.28. The lowest BCUT2D eigenvalue weighted by Crippen LogP contribution is -2.45. The molecule has 0 bridgehead atoms. The highest BCUT2D eigenvalue weighted by molar-refractivity contribution is 7.87. The van der Waals surface area contributed by atoms with Crippen LogP contribution in [0.5, 0.6) is 0 Å². The van der Waals surface area contributed by atoms with Crippen molar-refractivity contribution in [3.8, 4) is 0 Å². The van der Waals surface area contributed by atoms with Gasteiger partial charge in [0.15, 0.2) is 10.5 Å². The standard InChI is InChI=1S/C25H45NO14S2/c1-3-5-7-9-10-11-13-26(22(27)15-20(24(29)30)41(33,34)35)17-19(18-39-14-12-8-6-4-2)40-23(28)16-21(25(31)32)42(36,37)38/h19-21H,3-18H2,1-2H3,(H,29,30)(H,31,32)(H,33,34,35)(H,36,37,38). The van der Waals surface area contributed by atoms with Crippen LogP contribution in [0.4, 0.5) is 0 Å². The van der Waals surface area contributed by atoms with Crippen molar-refractivity contribution in [1.29, 1.82) is 0 Å². The summed E-state index contributed by atoms with van der Waals surface area (Å²) in [5.74, 6) is -6.22. The van der Waals surface area contributed by atoms with E-state index in [4.69, 9.17) is 19.1 Å². The molecule has 0 saturated heterocycles. The number of carbonyl (C=O) groups is 4. The predicted octanol–water partition coefficient (Wildman–Crippen LogP) is 2.15. The average Bonchev–Trinajstić information content (AvgIpc) is 2.87. The molecule has 0 aromatic carbocycles. The first kappa shape index (κ1) is 39.7. The molecule has 0 aromatic heterocycles. The van der Waals surface area contributed by atoms with Gasteiger partial charge in [-0.05, 0) is 12.8 Å². The Kier molecular flexibility index (Phi) is 19.4. The van der Waals surface area contributed by atoms with Gasteiger partial charge in [-0.2, -0.15) is 16.8 Å². The molecule has 0 rings (SSSR count). The van der Waals surface area contributed by atoms with Crippen molar-refractivity contribution in [3.05, 3.63) is 0 Å². The molecule has 246 valence electrons. The van der Waals surface area contributed by atoms with Gasteiger partial charge in [0.25, 0.3) is 20.2 Å². The van der Waals surface area contributed by atoms with Crippen LogP contribution in [0.2, 0.25) is 0 Å². The fraction of sp³-hybridized carbons (Fsp3) is 0.840. The van der Waals surface area contributed by atoms with Gasteiger partial charge in [0.1, 0.15) is 6.10 Å². The molecule has 0 saturated carbocycles. The first-order valence-corrected chi connectivity index (χ1v) is 17.0. The van der Waals surface area contributed by atoms with Crippen LogP contribution < -0.4 is 0 Å². The van der Waals surface area contributed by atoms with E-state index in [2.05, 4.69) is 0 Å². The molecule has 17 heteroatoms. The molecule has 0 aromatic rings. The van der Waals surface area contributed by atoms with Crippen LogP contribution in [0.15, 0.2) is 0 Å². The van der Waals surface area contributed by atoms with Crippen LogP contribution in [0, 0.1) is 0 Å². The number of ether oxygens (including phenoxy) is 2. The lowest BCUT2D eigenvalue weighted by Gasteiger charge is -2.28. The lowest BCUT2D eigenvalue weighted by molar-refractivity contribution is -0.157. The zero-order chi connectivity index (χ0) is 32.3. The van der Waals surface area contributed by atoms with Crippen molar-refractivity contribution < 1.29 is 64.8 Å². The highest BCUT2D eigenvalue weighted by Gasteiger charge is 2.37. The summed E-state index contributed by atoms with van der Waals surface area (Å²) in [7, 11) is -10.3. The first-order chi connectivity index (χ1) is 19.5. The van der Waals surface area contributed by atoms with E-state index in [1.165, 1.54) is 0 Å². The van der Waals surface area contributed by atoms with Gasteiger partial charge >= 0.3 is 17.9 Å². The predicted molar refractivity (Wildman–Crippen MR) is 150 cm³/mol. The molecule has 0 aliphatic heterocycles. The fourth-order valence-corrected chi connectivity index (χ4v) is 5.14. The highest BCUT2D eigenvalue weighted by atomic mass is 32.2. The van der Waals surface area contributed by atoms with Gasteiger partial charge in [-0.25, -0.2) is 0 Å². The summed E-state index contributed by atoms with van der Waals surface area (Å²) in [4.78, 5) is 49.3. The Morgan fingerprint density at radius 3 is 1.69 bits per heavy atom. The van der Waals surface area contributed by atoms with Crippen molar-refractivity contribution in [2.45, 2.75) is 108 Å². The third kappa shape index (κ3) is 17.6. The Balaban J connectivity index is 5.86. The van der Waals surface area contributed by atoms with E-state index in [9.17, 15) is 45.7 Å². The van der Waals surface area contributed by atoms with Crippen LogP contribution in [0.3, 0.4) is 0 Å². The number of nitrogens with zero attached hydrogens (tertiary/aromatic N) is 1. The van der Waals surface area contributed by atoms with Gasteiger partial charge in [0, 0.05) is 13.2 Å². The van der Waals surface area contributed by atoms with E-state index in [1.807, 2.05) is 13.8 Å². The zero-order valence-corrected chi connectivity index (χ0v) is 25.8. The number of rotatable bonds is 25. The van der Waals surface area contributed by atoms with E-state index < -0.39 is 80.0 Å². The monoisotopic (exact) mass is 647 g/mol. The largest absolute Gasteiger partial charge is 0.480 e. The second-order valence-electron chi connectivity index (χ2n) is 9.95. The first-order valence-electron chi connectivity index (χ1n) is 14.0. The Labute approximate surface area is 247 Å². The Bertz CT molecular complexity index is 1060. The quantitative estimate of drug-likeness (QED) is 0.0631. The molecule has 0 radical (unpaired) electrons. The van der Waals surface area contributed by atoms with Gasteiger partial charge in [0.05, 0.1) is 26.0 Å². The molecule has 4 N–H and O–H groups in total. The molecule has 42 heavy (non-hydrogen) atoms. The molecule has 3 atom stereocenters. The van der Waals surface area contributed by atoms with Gasteiger partial charge in [0.2, 0.25) is 5.91 Å². The Morgan fingerprint density at radius 1 is 0.714 bits per heavy atom. The van der Waals surface area contributed by atoms with Crippen molar-refractivity contribution >= 4 is 44.1 Å². The third-order valence-corrected chi connectivity index (χ3v) is 8.46.